The molecule has 1 radical (unpaired) electrons. The predicted molar refractivity (Wildman–Crippen MR) is 46.9 cm³/mol. The molecular weight excluding hydrogens is 138 g/mol. The van der Waals surface area contributed by atoms with Gasteiger partial charge in [-0.05, 0) is 12.3 Å². The second-order valence-electron chi connectivity index (χ2n) is 3.38. The molecule has 2 heteroatoms. The molecule has 0 heterocycles. The number of hydrogen-bond donors (Lipinski definition) is 1. The highest BCUT2D eigenvalue weighted by molar-refractivity contribution is 5.54. The Morgan fingerprint density at radius 3 is 2.36 bits per heavy atom. The van der Waals surface area contributed by atoms with Crippen molar-refractivity contribution in [1.29, 1.82) is 0 Å². The fourth-order valence-electron chi connectivity index (χ4n) is 0.997. The van der Waals surface area contributed by atoms with E-state index in [9.17, 15) is 4.79 Å². The van der Waals surface area contributed by atoms with Crippen LogP contribution in [-0.4, -0.2) is 12.8 Å². The van der Waals surface area contributed by atoms with E-state index in [4.69, 9.17) is 5.73 Å². The molecule has 1 unspecified atom stereocenters. The Kier molecular flexibility index (Phi) is 6.13. The maximum absolute atomic E-state index is 10.2. The summed E-state index contributed by atoms with van der Waals surface area (Å²) in [5.74, 6) is 0.689. The first-order chi connectivity index (χ1) is 5.20. The fourth-order valence-corrected chi connectivity index (χ4v) is 0.997. The van der Waals surface area contributed by atoms with Gasteiger partial charge in [0.25, 0.3) is 0 Å². The van der Waals surface area contributed by atoms with E-state index in [1.807, 2.05) is 6.29 Å². The van der Waals surface area contributed by atoms with Crippen molar-refractivity contribution in [2.45, 2.75) is 33.1 Å². The van der Waals surface area contributed by atoms with Crippen LogP contribution >= 0.6 is 0 Å². The lowest BCUT2D eigenvalue weighted by atomic mass is 10.00. The van der Waals surface area contributed by atoms with E-state index >= 15 is 0 Å². The maximum atomic E-state index is 10.2. The van der Waals surface area contributed by atoms with Crippen molar-refractivity contribution in [3.63, 3.8) is 0 Å². The molecule has 0 aromatic carbocycles. The average molecular weight is 156 g/mol. The number of carbonyl (C=O) groups excluding carboxylic acids is 1. The smallest absolute Gasteiger partial charge is 0.203 e. The quantitative estimate of drug-likeness (QED) is 0.633. The lowest BCUT2D eigenvalue weighted by molar-refractivity contribution is 0.471. The van der Waals surface area contributed by atoms with E-state index in [-0.39, 0.29) is 5.92 Å². The summed E-state index contributed by atoms with van der Waals surface area (Å²) in [7, 11) is 0. The van der Waals surface area contributed by atoms with Crippen molar-refractivity contribution in [2.75, 3.05) is 6.54 Å². The van der Waals surface area contributed by atoms with Crippen molar-refractivity contribution >= 4 is 6.29 Å². The van der Waals surface area contributed by atoms with Crippen LogP contribution in [0.1, 0.15) is 33.1 Å². The van der Waals surface area contributed by atoms with Gasteiger partial charge in [-0.3, -0.25) is 4.79 Å². The van der Waals surface area contributed by atoms with Crippen LogP contribution in [0.5, 0.6) is 0 Å². The molecule has 0 saturated heterocycles. The Balaban J connectivity index is 3.28. The fraction of sp³-hybridized carbons (Fsp3) is 0.889. The molecular formula is C9H18NO. The van der Waals surface area contributed by atoms with Gasteiger partial charge in [0.1, 0.15) is 0 Å². The molecule has 0 aliphatic heterocycles. The van der Waals surface area contributed by atoms with E-state index in [0.29, 0.717) is 6.54 Å². The molecule has 0 aromatic rings. The van der Waals surface area contributed by atoms with Crippen molar-refractivity contribution < 1.29 is 4.79 Å². The highest BCUT2D eigenvalue weighted by Gasteiger charge is 2.05. The van der Waals surface area contributed by atoms with Gasteiger partial charge in [-0.2, -0.15) is 0 Å². The minimum Gasteiger partial charge on any atom is -0.330 e. The second kappa shape index (κ2) is 6.35. The summed E-state index contributed by atoms with van der Waals surface area (Å²) in [5, 5.41) is 0. The van der Waals surface area contributed by atoms with Crippen LogP contribution in [0.25, 0.3) is 0 Å². The summed E-state index contributed by atoms with van der Waals surface area (Å²) in [6.07, 6.45) is 5.12. The van der Waals surface area contributed by atoms with Crippen molar-refractivity contribution in [1.82, 2.24) is 0 Å². The van der Waals surface area contributed by atoms with E-state index in [2.05, 4.69) is 13.8 Å². The van der Waals surface area contributed by atoms with Crippen LogP contribution in [0.4, 0.5) is 0 Å². The van der Waals surface area contributed by atoms with Crippen molar-refractivity contribution in [2.24, 2.45) is 17.6 Å². The zero-order chi connectivity index (χ0) is 8.69. The Morgan fingerprint density at radius 1 is 1.36 bits per heavy atom. The summed E-state index contributed by atoms with van der Waals surface area (Å²) in [4.78, 5) is 10.2. The van der Waals surface area contributed by atoms with Crippen LogP contribution in [0.15, 0.2) is 0 Å². The Labute approximate surface area is 69.2 Å². The summed E-state index contributed by atoms with van der Waals surface area (Å²) in [6, 6.07) is 0. The van der Waals surface area contributed by atoms with Crippen LogP contribution < -0.4 is 5.73 Å². The van der Waals surface area contributed by atoms with Gasteiger partial charge < -0.3 is 5.73 Å². The molecule has 0 spiro atoms. The molecule has 0 aliphatic carbocycles. The van der Waals surface area contributed by atoms with E-state index in [0.717, 1.165) is 18.8 Å². The third-order valence-electron chi connectivity index (χ3n) is 1.79. The van der Waals surface area contributed by atoms with Crippen LogP contribution in [0.3, 0.4) is 0 Å². The Hall–Kier alpha value is -0.370. The zero-order valence-electron chi connectivity index (χ0n) is 7.47. The van der Waals surface area contributed by atoms with Gasteiger partial charge >= 0.3 is 0 Å². The maximum Gasteiger partial charge on any atom is 0.203 e. The van der Waals surface area contributed by atoms with Gasteiger partial charge in [-0.1, -0.05) is 26.7 Å². The molecule has 0 amide bonds. The summed E-state index contributed by atoms with van der Waals surface area (Å²) in [6.45, 7) is 4.81. The Morgan fingerprint density at radius 2 is 2.00 bits per heavy atom. The molecule has 0 bridgehead atoms. The number of rotatable bonds is 6. The van der Waals surface area contributed by atoms with Crippen LogP contribution in [0, 0.1) is 11.8 Å². The molecule has 11 heavy (non-hydrogen) atoms. The summed E-state index contributed by atoms with van der Waals surface area (Å²) in [5.41, 5.74) is 5.34. The first kappa shape index (κ1) is 10.6. The standard InChI is InChI=1S/C9H18NO/c1-8(2)4-3-5-9(6-10)7-11/h8-9H,3-6,10H2,1-2H3. The lowest BCUT2D eigenvalue weighted by Crippen LogP contribution is -2.15. The van der Waals surface area contributed by atoms with E-state index < -0.39 is 0 Å². The minimum atomic E-state index is -0.0336. The van der Waals surface area contributed by atoms with Gasteiger partial charge in [0, 0.05) is 12.5 Å². The van der Waals surface area contributed by atoms with Crippen molar-refractivity contribution in [3.05, 3.63) is 0 Å². The first-order valence-corrected chi connectivity index (χ1v) is 4.28. The normalized spacial score (nSPS) is 13.5. The second-order valence-corrected chi connectivity index (χ2v) is 3.38. The molecule has 0 rings (SSSR count). The number of hydrogen-bond acceptors (Lipinski definition) is 2. The summed E-state index contributed by atoms with van der Waals surface area (Å²) >= 11 is 0. The zero-order valence-corrected chi connectivity index (χ0v) is 7.47. The van der Waals surface area contributed by atoms with E-state index in [1.54, 1.807) is 0 Å². The van der Waals surface area contributed by atoms with Gasteiger partial charge in [0.05, 0.1) is 0 Å². The number of nitrogens with two attached hydrogens (primary N) is 1. The van der Waals surface area contributed by atoms with Gasteiger partial charge in [-0.25, -0.2) is 0 Å². The molecule has 0 aromatic heterocycles. The van der Waals surface area contributed by atoms with Crippen molar-refractivity contribution in [3.8, 4) is 0 Å². The molecule has 2 N–H and O–H groups in total. The monoisotopic (exact) mass is 156 g/mol. The minimum absolute atomic E-state index is 0.0336. The summed E-state index contributed by atoms with van der Waals surface area (Å²) < 4.78 is 0. The van der Waals surface area contributed by atoms with Gasteiger partial charge in [0.15, 0.2) is 0 Å². The van der Waals surface area contributed by atoms with E-state index in [1.165, 1.54) is 6.42 Å². The van der Waals surface area contributed by atoms with Crippen LogP contribution in [-0.2, 0) is 4.79 Å². The largest absolute Gasteiger partial charge is 0.330 e. The SMILES string of the molecule is CC(C)CCCC([C]=O)CN. The highest BCUT2D eigenvalue weighted by atomic mass is 16.1. The van der Waals surface area contributed by atoms with Gasteiger partial charge in [0.2, 0.25) is 6.29 Å². The third-order valence-corrected chi connectivity index (χ3v) is 1.79. The third kappa shape index (κ3) is 6.05. The van der Waals surface area contributed by atoms with Crippen LogP contribution in [0.2, 0.25) is 0 Å². The first-order valence-electron chi connectivity index (χ1n) is 4.28. The molecule has 0 aliphatic rings. The molecule has 65 valence electrons. The predicted octanol–water partition coefficient (Wildman–Crippen LogP) is 1.50. The lowest BCUT2D eigenvalue weighted by Gasteiger charge is -2.07. The topological polar surface area (TPSA) is 43.1 Å². The molecule has 2 nitrogen and oxygen atoms in total. The molecule has 0 fully saturated rings. The molecule has 0 saturated carbocycles. The highest BCUT2D eigenvalue weighted by Crippen LogP contribution is 2.10. The molecule has 1 atom stereocenters. The van der Waals surface area contributed by atoms with Gasteiger partial charge in [-0.15, -0.1) is 0 Å². The Bertz CT molecular complexity index is 102. The average Bonchev–Trinajstić information content (AvgIpc) is 1.98.